The average molecular weight is 220 g/mol. The number of aromatic amines is 1. The van der Waals surface area contributed by atoms with Gasteiger partial charge in [-0.05, 0) is 24.5 Å². The van der Waals surface area contributed by atoms with Crippen LogP contribution in [0.3, 0.4) is 0 Å². The van der Waals surface area contributed by atoms with Crippen LogP contribution in [0.15, 0.2) is 17.1 Å². The Balaban J connectivity index is 2.82. The largest absolute Gasteiger partial charge is 0.343 e. The van der Waals surface area contributed by atoms with Crippen LogP contribution < -0.4 is 5.56 Å². The second kappa shape index (κ2) is 3.70. The van der Waals surface area contributed by atoms with E-state index in [1.807, 2.05) is 13.8 Å². The van der Waals surface area contributed by atoms with Crippen LogP contribution in [0.1, 0.15) is 30.9 Å². The Hall–Kier alpha value is -1.71. The topological polar surface area (TPSA) is 45.8 Å². The maximum absolute atomic E-state index is 13.3. The minimum Gasteiger partial charge on any atom is -0.343 e. The van der Waals surface area contributed by atoms with Crippen molar-refractivity contribution < 1.29 is 4.39 Å². The molecule has 0 aromatic rings. The summed E-state index contributed by atoms with van der Waals surface area (Å²) in [6.45, 7) is 5.52. The third-order valence-corrected chi connectivity index (χ3v) is 2.74. The van der Waals surface area contributed by atoms with Gasteiger partial charge in [0.25, 0.3) is 5.56 Å². The van der Waals surface area contributed by atoms with E-state index in [-0.39, 0.29) is 17.3 Å². The van der Waals surface area contributed by atoms with Crippen molar-refractivity contribution in [2.75, 3.05) is 0 Å². The van der Waals surface area contributed by atoms with E-state index < -0.39 is 0 Å². The second-order valence-corrected chi connectivity index (χ2v) is 4.20. The van der Waals surface area contributed by atoms with Gasteiger partial charge in [0.2, 0.25) is 0 Å². The molecule has 2 heterocycles. The molecule has 2 aliphatic heterocycles. The Bertz CT molecular complexity index is 560. The number of rotatable bonds is 1. The van der Waals surface area contributed by atoms with Crippen molar-refractivity contribution in [2.24, 2.45) is 0 Å². The second-order valence-electron chi connectivity index (χ2n) is 4.20. The number of pyridine rings is 2. The number of hydrogen-bond donors (Lipinski definition) is 1. The van der Waals surface area contributed by atoms with E-state index in [1.54, 1.807) is 13.0 Å². The molecule has 0 atom stereocenters. The molecular weight excluding hydrogens is 207 g/mol. The first-order chi connectivity index (χ1) is 7.50. The van der Waals surface area contributed by atoms with Crippen LogP contribution in [-0.2, 0) is 0 Å². The standard InChI is InChI=1S/C12H13FN2O/c1-6(2)8-4-9-7(3)10(13)5-14-11(9)15-12(8)16/h4-6H,1-3H3,(H,14,15,16). The van der Waals surface area contributed by atoms with Gasteiger partial charge in [-0.3, -0.25) is 4.79 Å². The van der Waals surface area contributed by atoms with E-state index in [0.717, 1.165) is 0 Å². The number of aromatic nitrogens is 2. The fourth-order valence-corrected chi connectivity index (χ4v) is 1.69. The van der Waals surface area contributed by atoms with E-state index in [0.29, 0.717) is 22.5 Å². The molecule has 0 saturated heterocycles. The Morgan fingerprint density at radius 2 is 2.12 bits per heavy atom. The van der Waals surface area contributed by atoms with Gasteiger partial charge in [-0.25, -0.2) is 4.39 Å². The monoisotopic (exact) mass is 220 g/mol. The lowest BCUT2D eigenvalue weighted by molar-refractivity contribution is 0.611. The first-order valence-corrected chi connectivity index (χ1v) is 5.19. The van der Waals surface area contributed by atoms with Gasteiger partial charge in [0.1, 0.15) is 11.6 Å². The molecule has 16 heavy (non-hydrogen) atoms. The van der Waals surface area contributed by atoms with Gasteiger partial charge in [-0.15, -0.1) is 0 Å². The van der Waals surface area contributed by atoms with Crippen molar-refractivity contribution in [1.82, 2.24) is 9.97 Å². The summed E-state index contributed by atoms with van der Waals surface area (Å²) in [5.74, 6) is 0.211. The van der Waals surface area contributed by atoms with Gasteiger partial charge in [0.05, 0.1) is 0 Å². The highest BCUT2D eigenvalue weighted by Crippen LogP contribution is 2.24. The summed E-state index contributed by atoms with van der Waals surface area (Å²) in [7, 11) is 0. The van der Waals surface area contributed by atoms with Crippen LogP contribution in [-0.4, -0.2) is 9.97 Å². The minimum atomic E-state index is -0.317. The molecule has 0 saturated carbocycles. The first-order valence-electron chi connectivity index (χ1n) is 5.19. The summed E-state index contributed by atoms with van der Waals surface area (Å²) in [5.41, 5.74) is 1.56. The number of fused-ring (bicyclic) bond motifs is 1. The molecule has 3 nitrogen and oxygen atoms in total. The van der Waals surface area contributed by atoms with Crippen molar-refractivity contribution >= 4 is 0 Å². The highest BCUT2D eigenvalue weighted by molar-refractivity contribution is 5.61. The fourth-order valence-electron chi connectivity index (χ4n) is 1.69. The normalized spacial score (nSPS) is 11.3. The molecule has 1 N–H and O–H groups in total. The number of nitrogens with one attached hydrogen (secondary N) is 1. The summed E-state index contributed by atoms with van der Waals surface area (Å²) >= 11 is 0. The summed E-state index contributed by atoms with van der Waals surface area (Å²) in [5, 5.41) is 0. The van der Waals surface area contributed by atoms with Gasteiger partial charge in [-0.2, -0.15) is 4.98 Å². The minimum absolute atomic E-state index is 0.0899. The molecule has 0 aliphatic carbocycles. The lowest BCUT2D eigenvalue weighted by Crippen LogP contribution is -2.16. The van der Waals surface area contributed by atoms with E-state index in [1.165, 1.54) is 6.20 Å². The Kier molecular flexibility index (Phi) is 2.50. The van der Waals surface area contributed by atoms with Crippen molar-refractivity contribution in [3.05, 3.63) is 39.6 Å². The maximum Gasteiger partial charge on any atom is 0.275 e. The third-order valence-electron chi connectivity index (χ3n) is 2.74. The van der Waals surface area contributed by atoms with Crippen molar-refractivity contribution in [3.63, 3.8) is 0 Å². The number of hydrogen-bond acceptors (Lipinski definition) is 2. The third kappa shape index (κ3) is 1.60. The van der Waals surface area contributed by atoms with Gasteiger partial charge in [0.15, 0.2) is 0 Å². The van der Waals surface area contributed by atoms with E-state index in [4.69, 9.17) is 0 Å². The van der Waals surface area contributed by atoms with Crippen molar-refractivity contribution in [3.8, 4) is 11.4 Å². The molecule has 4 heteroatoms. The zero-order valence-electron chi connectivity index (χ0n) is 9.47. The summed E-state index contributed by atoms with van der Waals surface area (Å²) in [4.78, 5) is 18.2. The van der Waals surface area contributed by atoms with Crippen LogP contribution in [0, 0.1) is 12.7 Å². The van der Waals surface area contributed by atoms with Gasteiger partial charge in [-0.1, -0.05) is 13.8 Å². The summed E-state index contributed by atoms with van der Waals surface area (Å²) in [6, 6.07) is 1.73. The predicted octanol–water partition coefficient (Wildman–Crippen LogP) is 2.45. The average Bonchev–Trinajstić information content (AvgIpc) is 2.23. The first kappa shape index (κ1) is 10.8. The number of nitrogens with zero attached hydrogens (tertiary/aromatic N) is 1. The van der Waals surface area contributed by atoms with Crippen LogP contribution in [0.25, 0.3) is 11.4 Å². The highest BCUT2D eigenvalue weighted by atomic mass is 19.1. The molecule has 0 bridgehead atoms. The molecule has 0 amide bonds. The molecule has 84 valence electrons. The van der Waals surface area contributed by atoms with Gasteiger partial charge >= 0.3 is 0 Å². The molecule has 2 rings (SSSR count). The van der Waals surface area contributed by atoms with Gasteiger partial charge < -0.3 is 4.98 Å². The van der Waals surface area contributed by atoms with Crippen LogP contribution in [0.4, 0.5) is 4.39 Å². The van der Waals surface area contributed by atoms with Crippen LogP contribution in [0.5, 0.6) is 0 Å². The SMILES string of the molecule is Cc1c(F)c[nH]c2nc(=O)c(C(C)C)cc1-2. The lowest BCUT2D eigenvalue weighted by atomic mass is 10.00. The van der Waals surface area contributed by atoms with Crippen molar-refractivity contribution in [2.45, 2.75) is 26.7 Å². The molecular formula is C12H13FN2O. The molecule has 0 unspecified atom stereocenters. The highest BCUT2D eigenvalue weighted by Gasteiger charge is 2.15. The molecule has 2 aliphatic rings. The van der Waals surface area contributed by atoms with Crippen LogP contribution in [0.2, 0.25) is 0 Å². The Morgan fingerprint density at radius 1 is 1.44 bits per heavy atom. The smallest absolute Gasteiger partial charge is 0.275 e. The van der Waals surface area contributed by atoms with E-state index >= 15 is 0 Å². The van der Waals surface area contributed by atoms with Crippen LogP contribution >= 0.6 is 0 Å². The number of halogens is 1. The lowest BCUT2D eigenvalue weighted by Gasteiger charge is -2.11. The molecule has 0 radical (unpaired) electrons. The van der Waals surface area contributed by atoms with E-state index in [2.05, 4.69) is 9.97 Å². The predicted molar refractivity (Wildman–Crippen MR) is 60.3 cm³/mol. The maximum atomic E-state index is 13.3. The molecule has 0 spiro atoms. The number of H-pyrrole nitrogens is 1. The Morgan fingerprint density at radius 3 is 2.75 bits per heavy atom. The molecule has 0 aromatic heterocycles. The zero-order valence-corrected chi connectivity index (χ0v) is 9.47. The Labute approximate surface area is 92.7 Å². The zero-order chi connectivity index (χ0) is 11.9. The molecule has 0 aromatic carbocycles. The quantitative estimate of drug-likeness (QED) is 0.802. The summed E-state index contributed by atoms with van der Waals surface area (Å²) in [6.07, 6.45) is 1.22. The van der Waals surface area contributed by atoms with Crippen molar-refractivity contribution in [1.29, 1.82) is 0 Å². The fraction of sp³-hybridized carbons (Fsp3) is 0.333. The molecule has 0 fully saturated rings. The van der Waals surface area contributed by atoms with Gasteiger partial charge in [0, 0.05) is 17.3 Å². The van der Waals surface area contributed by atoms with E-state index in [9.17, 15) is 9.18 Å². The summed E-state index contributed by atoms with van der Waals surface area (Å²) < 4.78 is 13.3.